The molecule has 0 saturated carbocycles. The molecule has 0 aromatic heterocycles. The van der Waals surface area contributed by atoms with Gasteiger partial charge in [0.1, 0.15) is 5.75 Å². The Morgan fingerprint density at radius 2 is 2.07 bits per heavy atom. The molecule has 0 amide bonds. The molecule has 1 aromatic rings. The van der Waals surface area contributed by atoms with Crippen molar-refractivity contribution in [3.05, 3.63) is 26.8 Å². The number of halogens is 1. The highest BCUT2D eigenvalue weighted by atomic mass is 127. The molecule has 1 aliphatic rings. The van der Waals surface area contributed by atoms with Crippen LogP contribution in [0.1, 0.15) is 31.4 Å². The van der Waals surface area contributed by atoms with Crippen LogP contribution < -0.4 is 4.74 Å². The molecular formula is C12H15IO. The van der Waals surface area contributed by atoms with Gasteiger partial charge in [-0.25, -0.2) is 0 Å². The number of hydrogen-bond donors (Lipinski definition) is 0. The van der Waals surface area contributed by atoms with Gasteiger partial charge in [0.15, 0.2) is 0 Å². The maximum absolute atomic E-state index is 5.33. The van der Waals surface area contributed by atoms with E-state index < -0.39 is 0 Å². The summed E-state index contributed by atoms with van der Waals surface area (Å²) in [7, 11) is 1.74. The fourth-order valence-electron chi connectivity index (χ4n) is 2.17. The van der Waals surface area contributed by atoms with Crippen molar-refractivity contribution in [3.63, 3.8) is 0 Å². The van der Waals surface area contributed by atoms with Crippen LogP contribution in [-0.2, 0) is 11.8 Å². The van der Waals surface area contributed by atoms with E-state index in [-0.39, 0.29) is 0 Å². The minimum Gasteiger partial charge on any atom is -0.496 e. The van der Waals surface area contributed by atoms with Crippen LogP contribution in [0.15, 0.2) is 12.1 Å². The first-order valence-electron chi connectivity index (χ1n) is 4.91. The maximum Gasteiger partial charge on any atom is 0.132 e. The lowest BCUT2D eigenvalue weighted by Gasteiger charge is -2.19. The third kappa shape index (κ3) is 1.53. The molecule has 0 atom stereocenters. The van der Waals surface area contributed by atoms with Gasteiger partial charge in [0.2, 0.25) is 0 Å². The first-order valence-corrected chi connectivity index (χ1v) is 5.99. The average molecular weight is 302 g/mol. The summed E-state index contributed by atoms with van der Waals surface area (Å²) in [5.41, 5.74) is 3.32. The molecule has 0 radical (unpaired) electrons. The highest BCUT2D eigenvalue weighted by Gasteiger charge is 2.30. The number of aryl methyl sites for hydroxylation is 1. The van der Waals surface area contributed by atoms with Gasteiger partial charge in [0.05, 0.1) is 10.7 Å². The van der Waals surface area contributed by atoms with Crippen molar-refractivity contribution < 1.29 is 4.74 Å². The molecule has 76 valence electrons. The zero-order valence-corrected chi connectivity index (χ0v) is 11.0. The predicted octanol–water partition coefficient (Wildman–Crippen LogP) is 3.52. The van der Waals surface area contributed by atoms with Crippen molar-refractivity contribution in [1.82, 2.24) is 0 Å². The Morgan fingerprint density at radius 1 is 1.36 bits per heavy atom. The number of ether oxygens (including phenoxy) is 1. The monoisotopic (exact) mass is 302 g/mol. The smallest absolute Gasteiger partial charge is 0.132 e. The first-order chi connectivity index (χ1) is 6.54. The van der Waals surface area contributed by atoms with E-state index in [1.165, 1.54) is 27.5 Å². The van der Waals surface area contributed by atoms with Crippen LogP contribution in [-0.4, -0.2) is 7.11 Å². The van der Waals surface area contributed by atoms with E-state index in [0.717, 1.165) is 5.75 Å². The molecule has 0 unspecified atom stereocenters. The Balaban J connectivity index is 2.55. The Hall–Kier alpha value is -0.250. The van der Waals surface area contributed by atoms with Crippen molar-refractivity contribution in [1.29, 1.82) is 0 Å². The quantitative estimate of drug-likeness (QED) is 0.721. The number of fused-ring (bicyclic) bond motifs is 1. The van der Waals surface area contributed by atoms with Crippen molar-refractivity contribution >= 4 is 22.6 Å². The van der Waals surface area contributed by atoms with Gasteiger partial charge in [-0.05, 0) is 64.1 Å². The van der Waals surface area contributed by atoms with Gasteiger partial charge >= 0.3 is 0 Å². The molecule has 0 spiro atoms. The van der Waals surface area contributed by atoms with Crippen molar-refractivity contribution in [2.75, 3.05) is 7.11 Å². The first kappa shape index (κ1) is 10.3. The van der Waals surface area contributed by atoms with Crippen molar-refractivity contribution in [2.24, 2.45) is 0 Å². The number of hydrogen-bond acceptors (Lipinski definition) is 1. The summed E-state index contributed by atoms with van der Waals surface area (Å²) in [4.78, 5) is 0. The van der Waals surface area contributed by atoms with Gasteiger partial charge in [-0.2, -0.15) is 0 Å². The number of benzene rings is 1. The second-order valence-electron chi connectivity index (χ2n) is 4.53. The zero-order valence-electron chi connectivity index (χ0n) is 8.86. The maximum atomic E-state index is 5.33. The van der Waals surface area contributed by atoms with Gasteiger partial charge in [-0.1, -0.05) is 13.8 Å². The summed E-state index contributed by atoms with van der Waals surface area (Å²) in [5.74, 6) is 1.02. The van der Waals surface area contributed by atoms with Gasteiger partial charge in [0.25, 0.3) is 0 Å². The SMILES string of the molecule is COc1cc2c(cc1I)C(C)(C)CC2. The topological polar surface area (TPSA) is 9.23 Å². The Kier molecular flexibility index (Phi) is 2.50. The third-order valence-corrected chi connectivity index (χ3v) is 3.97. The molecule has 0 N–H and O–H groups in total. The Morgan fingerprint density at radius 3 is 2.71 bits per heavy atom. The average Bonchev–Trinajstić information content (AvgIpc) is 2.42. The highest BCUT2D eigenvalue weighted by molar-refractivity contribution is 14.1. The number of methoxy groups -OCH3 is 1. The van der Waals surface area contributed by atoms with E-state index in [1.54, 1.807) is 7.11 Å². The molecule has 0 saturated heterocycles. The second kappa shape index (κ2) is 3.40. The second-order valence-corrected chi connectivity index (χ2v) is 5.69. The van der Waals surface area contributed by atoms with Crippen LogP contribution in [0.25, 0.3) is 0 Å². The Bertz CT molecular complexity index is 369. The lowest BCUT2D eigenvalue weighted by atomic mass is 9.87. The lowest BCUT2D eigenvalue weighted by Crippen LogP contribution is -2.12. The minimum atomic E-state index is 0.349. The van der Waals surface area contributed by atoms with Crippen LogP contribution in [0.3, 0.4) is 0 Å². The number of rotatable bonds is 1. The summed E-state index contributed by atoms with van der Waals surface area (Å²) < 4.78 is 6.55. The molecule has 0 fully saturated rings. The molecule has 1 nitrogen and oxygen atoms in total. The molecule has 2 heteroatoms. The summed E-state index contributed by atoms with van der Waals surface area (Å²) in [5, 5.41) is 0. The van der Waals surface area contributed by atoms with E-state index in [1.807, 2.05) is 0 Å². The summed E-state index contributed by atoms with van der Waals surface area (Å²) >= 11 is 2.35. The molecule has 0 heterocycles. The molecule has 1 aromatic carbocycles. The van der Waals surface area contributed by atoms with Gasteiger partial charge in [0, 0.05) is 0 Å². The highest BCUT2D eigenvalue weighted by Crippen LogP contribution is 2.41. The normalized spacial score (nSPS) is 18.0. The molecule has 1 aliphatic carbocycles. The van der Waals surface area contributed by atoms with E-state index in [2.05, 4.69) is 48.6 Å². The van der Waals surface area contributed by atoms with E-state index in [0.29, 0.717) is 5.41 Å². The molecule has 2 rings (SSSR count). The van der Waals surface area contributed by atoms with Crippen LogP contribution >= 0.6 is 22.6 Å². The van der Waals surface area contributed by atoms with Crippen LogP contribution in [0.5, 0.6) is 5.75 Å². The Labute approximate surface area is 99.0 Å². The fraction of sp³-hybridized carbons (Fsp3) is 0.500. The minimum absolute atomic E-state index is 0.349. The van der Waals surface area contributed by atoms with Crippen LogP contribution in [0.4, 0.5) is 0 Å². The molecular weight excluding hydrogens is 287 g/mol. The van der Waals surface area contributed by atoms with Gasteiger partial charge in [-0.3, -0.25) is 0 Å². The molecule has 14 heavy (non-hydrogen) atoms. The standard InChI is InChI=1S/C12H15IO/c1-12(2)5-4-8-6-11(14-3)10(13)7-9(8)12/h6-7H,4-5H2,1-3H3. The molecule has 0 bridgehead atoms. The van der Waals surface area contributed by atoms with Crippen LogP contribution in [0.2, 0.25) is 0 Å². The van der Waals surface area contributed by atoms with E-state index in [4.69, 9.17) is 4.74 Å². The summed E-state index contributed by atoms with van der Waals surface area (Å²) in [6.07, 6.45) is 2.45. The van der Waals surface area contributed by atoms with E-state index >= 15 is 0 Å². The van der Waals surface area contributed by atoms with Gasteiger partial charge < -0.3 is 4.74 Å². The summed E-state index contributed by atoms with van der Waals surface area (Å²) in [6.45, 7) is 4.64. The third-order valence-electron chi connectivity index (χ3n) is 3.13. The van der Waals surface area contributed by atoms with E-state index in [9.17, 15) is 0 Å². The van der Waals surface area contributed by atoms with Crippen molar-refractivity contribution in [3.8, 4) is 5.75 Å². The molecule has 0 aliphatic heterocycles. The largest absolute Gasteiger partial charge is 0.496 e. The van der Waals surface area contributed by atoms with Gasteiger partial charge in [-0.15, -0.1) is 0 Å². The zero-order chi connectivity index (χ0) is 10.3. The summed E-state index contributed by atoms with van der Waals surface area (Å²) in [6, 6.07) is 4.48. The lowest BCUT2D eigenvalue weighted by molar-refractivity contribution is 0.411. The fourth-order valence-corrected chi connectivity index (χ4v) is 2.86. The van der Waals surface area contributed by atoms with Crippen molar-refractivity contribution in [2.45, 2.75) is 32.1 Å². The van der Waals surface area contributed by atoms with Crippen LogP contribution in [0, 0.1) is 3.57 Å². The predicted molar refractivity (Wildman–Crippen MR) is 67.1 cm³/mol.